The maximum Gasteiger partial charge on any atom is 0.326 e. The Hall–Kier alpha value is 0.314. The molecule has 2 saturated heterocycles. The van der Waals surface area contributed by atoms with Gasteiger partial charge >= 0.3 is 17.1 Å². The van der Waals surface area contributed by atoms with Crippen LogP contribution in [0.4, 0.5) is 0 Å². The highest BCUT2D eigenvalue weighted by atomic mass is 28.5. The quantitative estimate of drug-likeness (QED) is 0.711. The molecule has 0 spiro atoms. The number of hydrogen-bond donors (Lipinski definition) is 0. The van der Waals surface area contributed by atoms with Gasteiger partial charge in [0.1, 0.15) is 0 Å². The molecule has 0 aliphatic carbocycles. The Labute approximate surface area is 120 Å². The molecule has 2 fully saturated rings. The monoisotopic (exact) mass is 302 g/mol. The van der Waals surface area contributed by atoms with E-state index in [0.717, 1.165) is 24.9 Å². The smallest absolute Gasteiger partial charge is 0.326 e. The Balaban J connectivity index is 2.06. The molecule has 0 amide bonds. The van der Waals surface area contributed by atoms with Gasteiger partial charge in [0, 0.05) is 0 Å². The first-order chi connectivity index (χ1) is 8.54. The first kappa shape index (κ1) is 15.7. The summed E-state index contributed by atoms with van der Waals surface area (Å²) in [5.41, 5.74) is -0.0394. The van der Waals surface area contributed by atoms with E-state index in [4.69, 9.17) is 13.0 Å². The molecule has 0 saturated carbocycles. The Morgan fingerprint density at radius 1 is 0.789 bits per heavy atom. The fraction of sp³-hybridized carbons (Fsp3) is 1.00. The average Bonchev–Trinajstić information content (AvgIpc) is 2.10. The average molecular weight is 303 g/mol. The van der Waals surface area contributed by atoms with E-state index in [2.05, 4.69) is 40.8 Å². The van der Waals surface area contributed by atoms with E-state index in [1.807, 2.05) is 0 Å². The summed E-state index contributed by atoms with van der Waals surface area (Å²) in [6.07, 6.45) is 4.74. The van der Waals surface area contributed by atoms with E-state index >= 15 is 0 Å². The van der Waals surface area contributed by atoms with E-state index in [1.165, 1.54) is 12.8 Å². The van der Waals surface area contributed by atoms with E-state index in [9.17, 15) is 0 Å². The third-order valence-electron chi connectivity index (χ3n) is 4.24. The van der Waals surface area contributed by atoms with E-state index in [0.29, 0.717) is 0 Å². The first-order valence-electron chi connectivity index (χ1n) is 7.64. The first-order valence-corrected chi connectivity index (χ1v) is 12.7. The summed E-state index contributed by atoms with van der Waals surface area (Å²) in [6, 6.07) is 2.23. The third-order valence-corrected chi connectivity index (χ3v) is 12.2. The van der Waals surface area contributed by atoms with Crippen LogP contribution in [0.15, 0.2) is 0 Å². The largest absolute Gasteiger partial charge is 0.415 e. The molecule has 0 aromatic heterocycles. The highest BCUT2D eigenvalue weighted by Gasteiger charge is 2.50. The van der Waals surface area contributed by atoms with Crippen LogP contribution in [0.3, 0.4) is 0 Å². The minimum Gasteiger partial charge on any atom is -0.415 e. The number of hydrogen-bond acceptors (Lipinski definition) is 3. The predicted molar refractivity (Wildman–Crippen MR) is 82.7 cm³/mol. The van der Waals surface area contributed by atoms with Gasteiger partial charge in [-0.25, -0.2) is 0 Å². The van der Waals surface area contributed by atoms with Crippen LogP contribution >= 0.6 is 0 Å². The fourth-order valence-electron chi connectivity index (χ4n) is 3.64. The summed E-state index contributed by atoms with van der Waals surface area (Å²) >= 11 is 0. The van der Waals surface area contributed by atoms with Crippen molar-refractivity contribution in [2.45, 2.75) is 89.8 Å². The summed E-state index contributed by atoms with van der Waals surface area (Å²) in [6.45, 7) is 13.2. The minimum absolute atomic E-state index is 0.0197. The van der Waals surface area contributed by atoms with Crippen LogP contribution in [0.2, 0.25) is 25.2 Å². The lowest BCUT2D eigenvalue weighted by atomic mass is 10.0. The van der Waals surface area contributed by atoms with Crippen LogP contribution in [0, 0.1) is 0 Å². The van der Waals surface area contributed by atoms with Crippen molar-refractivity contribution in [1.82, 2.24) is 0 Å². The van der Waals surface area contributed by atoms with Gasteiger partial charge in [0.2, 0.25) is 0 Å². The van der Waals surface area contributed by atoms with Crippen molar-refractivity contribution in [3.05, 3.63) is 0 Å². The molecule has 112 valence electrons. The lowest BCUT2D eigenvalue weighted by molar-refractivity contribution is 0.0142. The number of rotatable bonds is 2. The zero-order valence-electron chi connectivity index (χ0n) is 13.5. The van der Waals surface area contributed by atoms with Crippen molar-refractivity contribution in [2.24, 2.45) is 0 Å². The standard InChI is InChI=1S/C14H30O3Si2/c1-13(2)9-7-11-18(5,15-13)17-19(6)12-8-10-14(3,4)16-19/h7-12H2,1-6H3. The molecule has 3 nitrogen and oxygen atoms in total. The van der Waals surface area contributed by atoms with Crippen LogP contribution in [-0.4, -0.2) is 28.3 Å². The minimum atomic E-state index is -2.06. The van der Waals surface area contributed by atoms with Gasteiger partial charge in [0.25, 0.3) is 0 Å². The molecule has 2 unspecified atom stereocenters. The van der Waals surface area contributed by atoms with E-state index < -0.39 is 17.1 Å². The van der Waals surface area contributed by atoms with Crippen molar-refractivity contribution in [3.8, 4) is 0 Å². The van der Waals surface area contributed by atoms with Gasteiger partial charge in [-0.2, -0.15) is 0 Å². The van der Waals surface area contributed by atoms with Gasteiger partial charge < -0.3 is 13.0 Å². The second-order valence-corrected chi connectivity index (χ2v) is 14.6. The topological polar surface area (TPSA) is 27.7 Å². The fourth-order valence-corrected chi connectivity index (χ4v) is 12.8. The van der Waals surface area contributed by atoms with Crippen molar-refractivity contribution in [1.29, 1.82) is 0 Å². The molecule has 0 radical (unpaired) electrons. The van der Waals surface area contributed by atoms with Gasteiger partial charge in [0.15, 0.2) is 0 Å². The van der Waals surface area contributed by atoms with Gasteiger partial charge in [-0.05, 0) is 78.6 Å². The van der Waals surface area contributed by atoms with Crippen molar-refractivity contribution in [3.63, 3.8) is 0 Å². The highest BCUT2D eigenvalue weighted by molar-refractivity contribution is 6.80. The molecule has 2 heterocycles. The van der Waals surface area contributed by atoms with Gasteiger partial charge in [-0.15, -0.1) is 0 Å². The van der Waals surface area contributed by atoms with Gasteiger partial charge in [-0.3, -0.25) is 0 Å². The van der Waals surface area contributed by atoms with Crippen LogP contribution in [-0.2, 0) is 13.0 Å². The lowest BCUT2D eigenvalue weighted by Crippen LogP contribution is -2.59. The second-order valence-electron chi connectivity index (χ2n) is 7.80. The SMILES string of the molecule is CC1(C)CCC[Si](C)(O[Si]2(C)CCCC(C)(C)O2)O1. The summed E-state index contributed by atoms with van der Waals surface area (Å²) in [7, 11) is -4.12. The van der Waals surface area contributed by atoms with Crippen molar-refractivity contribution < 1.29 is 13.0 Å². The van der Waals surface area contributed by atoms with E-state index in [-0.39, 0.29) is 11.2 Å². The molecule has 5 heteroatoms. The van der Waals surface area contributed by atoms with E-state index in [1.54, 1.807) is 0 Å². The summed E-state index contributed by atoms with van der Waals surface area (Å²) in [5, 5.41) is 0. The zero-order valence-corrected chi connectivity index (χ0v) is 15.5. The van der Waals surface area contributed by atoms with Crippen LogP contribution in [0.5, 0.6) is 0 Å². The molecule has 0 bridgehead atoms. The normalized spacial score (nSPS) is 42.0. The second kappa shape index (κ2) is 4.95. The van der Waals surface area contributed by atoms with Gasteiger partial charge in [-0.1, -0.05) is 0 Å². The van der Waals surface area contributed by atoms with Crippen LogP contribution in [0.25, 0.3) is 0 Å². The predicted octanol–water partition coefficient (Wildman–Crippen LogP) is 4.33. The maximum absolute atomic E-state index is 6.61. The molecule has 0 aromatic rings. The lowest BCUT2D eigenvalue weighted by Gasteiger charge is -2.48. The van der Waals surface area contributed by atoms with Gasteiger partial charge in [0.05, 0.1) is 11.2 Å². The molecule has 2 aliphatic rings. The summed E-state index contributed by atoms with van der Waals surface area (Å²) in [4.78, 5) is 0. The maximum atomic E-state index is 6.61. The van der Waals surface area contributed by atoms with Crippen LogP contribution in [0.1, 0.15) is 53.4 Å². The Bertz CT molecular complexity index is 314. The van der Waals surface area contributed by atoms with Crippen molar-refractivity contribution >= 4 is 17.1 Å². The highest BCUT2D eigenvalue weighted by Crippen LogP contribution is 2.40. The molecule has 2 atom stereocenters. The van der Waals surface area contributed by atoms with Crippen LogP contribution < -0.4 is 0 Å². The molecular weight excluding hydrogens is 272 g/mol. The summed E-state index contributed by atoms with van der Waals surface area (Å²) < 4.78 is 19.3. The Morgan fingerprint density at radius 3 is 1.47 bits per heavy atom. The molecule has 19 heavy (non-hydrogen) atoms. The molecule has 0 aromatic carbocycles. The molecule has 0 N–H and O–H groups in total. The zero-order chi connectivity index (χ0) is 14.4. The third kappa shape index (κ3) is 4.14. The Kier molecular flexibility index (Phi) is 4.09. The molecule has 2 rings (SSSR count). The Morgan fingerprint density at radius 2 is 1.16 bits per heavy atom. The summed E-state index contributed by atoms with van der Waals surface area (Å²) in [5.74, 6) is 0. The van der Waals surface area contributed by atoms with Crippen molar-refractivity contribution in [2.75, 3.05) is 0 Å². The molecule has 2 aliphatic heterocycles. The molecular formula is C14H30O3Si2.